The fraction of sp³-hybridized carbons (Fsp3) is 0.125. The number of anilines is 1. The van der Waals surface area contributed by atoms with Crippen LogP contribution in [-0.2, 0) is 13.1 Å². The lowest BCUT2D eigenvalue weighted by molar-refractivity contribution is 0.252. The van der Waals surface area contributed by atoms with Crippen molar-refractivity contribution in [2.45, 2.75) is 20.0 Å². The molecule has 34 heavy (non-hydrogen) atoms. The molecule has 4 aromatic rings. The smallest absolute Gasteiger partial charge is 0.319 e. The van der Waals surface area contributed by atoms with Gasteiger partial charge >= 0.3 is 6.03 Å². The van der Waals surface area contributed by atoms with Gasteiger partial charge < -0.3 is 16.4 Å². The first-order chi connectivity index (χ1) is 16.3. The highest BCUT2D eigenvalue weighted by atomic mass is 35.5. The molecule has 2 amide bonds. The van der Waals surface area contributed by atoms with Gasteiger partial charge in [-0.3, -0.25) is 0 Å². The lowest BCUT2D eigenvalue weighted by Gasteiger charge is -2.10. The van der Waals surface area contributed by atoms with Gasteiger partial charge in [0.2, 0.25) is 0 Å². The number of carbonyl (C=O) groups excluding carboxylic acids is 1. The first-order valence-corrected chi connectivity index (χ1v) is 11.6. The van der Waals surface area contributed by atoms with Crippen molar-refractivity contribution in [3.05, 3.63) is 97.6 Å². The summed E-state index contributed by atoms with van der Waals surface area (Å²) in [4.78, 5) is 12.1. The molecule has 6 nitrogen and oxygen atoms in total. The SMILES string of the molecule is Cc1cc2c(NC(=O)NCc3ccc(Cl)c(Cl)c3)cccc2nn1.NCc1ccc(Cl)c(Cl)c1. The van der Waals surface area contributed by atoms with Crippen LogP contribution in [0.15, 0.2) is 60.7 Å². The number of nitrogens with zero attached hydrogens (tertiary/aromatic N) is 2. The fourth-order valence-electron chi connectivity index (χ4n) is 2.94. The number of urea groups is 1. The quantitative estimate of drug-likeness (QED) is 0.261. The van der Waals surface area contributed by atoms with Crippen LogP contribution in [-0.4, -0.2) is 16.2 Å². The number of nitrogens with one attached hydrogen (secondary N) is 2. The van der Waals surface area contributed by atoms with E-state index in [0.717, 1.165) is 27.7 Å². The molecule has 176 valence electrons. The number of halogens is 4. The predicted molar refractivity (Wildman–Crippen MR) is 141 cm³/mol. The highest BCUT2D eigenvalue weighted by Gasteiger charge is 2.08. The molecule has 10 heteroatoms. The molecule has 0 saturated carbocycles. The molecule has 4 N–H and O–H groups in total. The maximum atomic E-state index is 12.1. The molecule has 0 aliphatic heterocycles. The zero-order valence-corrected chi connectivity index (χ0v) is 21.1. The van der Waals surface area contributed by atoms with E-state index >= 15 is 0 Å². The van der Waals surface area contributed by atoms with E-state index in [1.165, 1.54) is 0 Å². The van der Waals surface area contributed by atoms with Crippen molar-refractivity contribution in [1.82, 2.24) is 15.5 Å². The van der Waals surface area contributed by atoms with Gasteiger partial charge in [0.15, 0.2) is 0 Å². The van der Waals surface area contributed by atoms with E-state index in [4.69, 9.17) is 52.1 Å². The second-order valence-electron chi connectivity index (χ2n) is 7.23. The normalized spacial score (nSPS) is 10.4. The summed E-state index contributed by atoms with van der Waals surface area (Å²) in [6.45, 7) is 2.69. The third kappa shape index (κ3) is 7.19. The molecular formula is C24H21Cl4N5O. The molecule has 0 spiro atoms. The lowest BCUT2D eigenvalue weighted by atomic mass is 10.2. The average Bonchev–Trinajstić information content (AvgIpc) is 2.82. The Morgan fingerprint density at radius 3 is 2.15 bits per heavy atom. The van der Waals surface area contributed by atoms with Crippen LogP contribution < -0.4 is 16.4 Å². The third-order valence-electron chi connectivity index (χ3n) is 4.66. The summed E-state index contributed by atoms with van der Waals surface area (Å²) in [5.74, 6) is 0. The number of hydrogen-bond acceptors (Lipinski definition) is 4. The summed E-state index contributed by atoms with van der Waals surface area (Å²) in [7, 11) is 0. The molecule has 0 atom stereocenters. The molecule has 1 heterocycles. The Morgan fingerprint density at radius 2 is 1.50 bits per heavy atom. The topological polar surface area (TPSA) is 92.9 Å². The van der Waals surface area contributed by atoms with Crippen LogP contribution in [0.5, 0.6) is 0 Å². The Kier molecular flexibility index (Phi) is 9.33. The minimum absolute atomic E-state index is 0.317. The number of carbonyl (C=O) groups is 1. The number of nitrogens with two attached hydrogens (primary N) is 1. The van der Waals surface area contributed by atoms with Crippen LogP contribution in [0.4, 0.5) is 10.5 Å². The second kappa shape index (κ2) is 12.2. The molecule has 0 radical (unpaired) electrons. The molecule has 0 unspecified atom stereocenters. The number of rotatable bonds is 4. The molecular weight excluding hydrogens is 516 g/mol. The molecule has 0 saturated heterocycles. The Morgan fingerprint density at radius 1 is 0.853 bits per heavy atom. The van der Waals surface area contributed by atoms with Crippen molar-refractivity contribution in [3.63, 3.8) is 0 Å². The lowest BCUT2D eigenvalue weighted by Crippen LogP contribution is -2.28. The van der Waals surface area contributed by atoms with Crippen LogP contribution in [0.3, 0.4) is 0 Å². The van der Waals surface area contributed by atoms with Gasteiger partial charge in [0.1, 0.15) is 0 Å². The van der Waals surface area contributed by atoms with Gasteiger partial charge in [-0.15, -0.1) is 0 Å². The van der Waals surface area contributed by atoms with Gasteiger partial charge in [0.05, 0.1) is 37.0 Å². The van der Waals surface area contributed by atoms with Gasteiger partial charge in [-0.05, 0) is 60.5 Å². The maximum absolute atomic E-state index is 12.1. The summed E-state index contributed by atoms with van der Waals surface area (Å²) >= 11 is 23.2. The van der Waals surface area contributed by atoms with E-state index in [-0.39, 0.29) is 6.03 Å². The Labute approximate surface area is 217 Å². The summed E-state index contributed by atoms with van der Waals surface area (Å²) in [5.41, 5.74) is 9.41. The average molecular weight is 537 g/mol. The molecule has 0 aliphatic rings. The molecule has 1 aromatic heterocycles. The van der Waals surface area contributed by atoms with Gasteiger partial charge in [0.25, 0.3) is 0 Å². The van der Waals surface area contributed by atoms with Crippen LogP contribution in [0.1, 0.15) is 16.8 Å². The minimum atomic E-state index is -0.317. The Bertz CT molecular complexity index is 1320. The number of hydrogen-bond donors (Lipinski definition) is 3. The first-order valence-electron chi connectivity index (χ1n) is 10.1. The van der Waals surface area contributed by atoms with Crippen LogP contribution >= 0.6 is 46.4 Å². The number of benzene rings is 3. The van der Waals surface area contributed by atoms with Crippen LogP contribution in [0.25, 0.3) is 10.9 Å². The minimum Gasteiger partial charge on any atom is -0.334 e. The van der Waals surface area contributed by atoms with Gasteiger partial charge in [-0.25, -0.2) is 4.79 Å². The van der Waals surface area contributed by atoms with Crippen molar-refractivity contribution in [2.75, 3.05) is 5.32 Å². The van der Waals surface area contributed by atoms with E-state index in [2.05, 4.69) is 20.8 Å². The van der Waals surface area contributed by atoms with Gasteiger partial charge in [-0.2, -0.15) is 10.2 Å². The summed E-state index contributed by atoms with van der Waals surface area (Å²) in [6, 6.07) is 17.7. The van der Waals surface area contributed by atoms with Crippen LogP contribution in [0.2, 0.25) is 20.1 Å². The highest BCUT2D eigenvalue weighted by Crippen LogP contribution is 2.24. The standard InChI is InChI=1S/C17H14Cl2N4O.C7H7Cl2N/c1-10-7-12-15(3-2-4-16(12)23-22-10)21-17(24)20-9-11-5-6-13(18)14(19)8-11;8-6-2-1-5(4-10)3-7(6)9/h2-8H,9H2,1H3,(H2,20,21,24);1-3H,4,10H2. The van der Waals surface area contributed by atoms with E-state index < -0.39 is 0 Å². The number of aromatic nitrogens is 2. The number of amides is 2. The van der Waals surface area contributed by atoms with Crippen molar-refractivity contribution in [2.24, 2.45) is 5.73 Å². The molecule has 0 bridgehead atoms. The van der Waals surface area contributed by atoms with E-state index in [1.54, 1.807) is 24.3 Å². The number of aryl methyl sites for hydroxylation is 1. The Balaban J connectivity index is 0.000000271. The monoisotopic (exact) mass is 535 g/mol. The Hall–Kier alpha value is -2.61. The maximum Gasteiger partial charge on any atom is 0.319 e. The largest absolute Gasteiger partial charge is 0.334 e. The van der Waals surface area contributed by atoms with Crippen molar-refractivity contribution < 1.29 is 4.79 Å². The molecule has 4 rings (SSSR count). The predicted octanol–water partition coefficient (Wildman–Crippen LogP) is 7.02. The summed E-state index contributed by atoms with van der Waals surface area (Å²) < 4.78 is 0. The van der Waals surface area contributed by atoms with Crippen molar-refractivity contribution in [3.8, 4) is 0 Å². The summed E-state index contributed by atoms with van der Waals surface area (Å²) in [6.07, 6.45) is 0. The second-order valence-corrected chi connectivity index (χ2v) is 8.86. The van der Waals surface area contributed by atoms with E-state index in [0.29, 0.717) is 38.9 Å². The molecule has 3 aromatic carbocycles. The van der Waals surface area contributed by atoms with Crippen LogP contribution in [0, 0.1) is 6.92 Å². The fourth-order valence-corrected chi connectivity index (χ4v) is 3.58. The van der Waals surface area contributed by atoms with Gasteiger partial charge in [0, 0.05) is 18.5 Å². The van der Waals surface area contributed by atoms with E-state index in [9.17, 15) is 4.79 Å². The van der Waals surface area contributed by atoms with Gasteiger partial charge in [-0.1, -0.05) is 64.6 Å². The third-order valence-corrected chi connectivity index (χ3v) is 6.13. The first kappa shape index (κ1) is 26.0. The zero-order chi connectivity index (χ0) is 24.7. The molecule has 0 aliphatic carbocycles. The van der Waals surface area contributed by atoms with E-state index in [1.807, 2.05) is 43.3 Å². The zero-order valence-electron chi connectivity index (χ0n) is 18.1. The molecule has 0 fully saturated rings. The highest BCUT2D eigenvalue weighted by molar-refractivity contribution is 6.42. The summed E-state index contributed by atoms with van der Waals surface area (Å²) in [5, 5.41) is 16.7. The number of fused-ring (bicyclic) bond motifs is 1. The van der Waals surface area contributed by atoms with Crippen molar-refractivity contribution in [1.29, 1.82) is 0 Å². The van der Waals surface area contributed by atoms with Crippen molar-refractivity contribution >= 4 is 69.0 Å².